The lowest BCUT2D eigenvalue weighted by molar-refractivity contribution is 0.584. The summed E-state index contributed by atoms with van der Waals surface area (Å²) in [5.41, 5.74) is 1.72. The fourth-order valence-electron chi connectivity index (χ4n) is 2.41. The van der Waals surface area contributed by atoms with Gasteiger partial charge >= 0.3 is 0 Å². The van der Waals surface area contributed by atoms with Crippen molar-refractivity contribution in [1.29, 1.82) is 0 Å². The van der Waals surface area contributed by atoms with Crippen LogP contribution in [0.5, 0.6) is 0 Å². The van der Waals surface area contributed by atoms with Gasteiger partial charge < -0.3 is 0 Å². The van der Waals surface area contributed by atoms with E-state index < -0.39 is 0 Å². The van der Waals surface area contributed by atoms with Gasteiger partial charge in [0.05, 0.1) is 10.9 Å². The van der Waals surface area contributed by atoms with Crippen LogP contribution in [0.1, 0.15) is 18.9 Å². The Bertz CT molecular complexity index is 874. The van der Waals surface area contributed by atoms with E-state index in [0.717, 1.165) is 12.0 Å². The summed E-state index contributed by atoms with van der Waals surface area (Å²) in [4.78, 5) is 17.3. The van der Waals surface area contributed by atoms with Crippen LogP contribution in [0.25, 0.3) is 10.9 Å². The Kier molecular flexibility index (Phi) is 4.76. The molecule has 0 aliphatic carbocycles. The van der Waals surface area contributed by atoms with Crippen molar-refractivity contribution in [3.8, 4) is 0 Å². The van der Waals surface area contributed by atoms with Crippen LogP contribution in [0.3, 0.4) is 0 Å². The van der Waals surface area contributed by atoms with Gasteiger partial charge in [0, 0.05) is 12.3 Å². The summed E-state index contributed by atoms with van der Waals surface area (Å²) in [7, 11) is 0. The van der Waals surface area contributed by atoms with E-state index in [4.69, 9.17) is 0 Å². The molecule has 0 amide bonds. The van der Waals surface area contributed by atoms with E-state index in [1.807, 2.05) is 31.2 Å². The molecule has 5 heteroatoms. The Morgan fingerprint density at radius 2 is 1.87 bits per heavy atom. The number of benzene rings is 2. The van der Waals surface area contributed by atoms with Gasteiger partial charge in [-0.3, -0.25) is 9.36 Å². The fraction of sp³-hybridized carbons (Fsp3) is 0.222. The van der Waals surface area contributed by atoms with Gasteiger partial charge in [-0.05, 0) is 36.2 Å². The third-order valence-corrected chi connectivity index (χ3v) is 4.60. The predicted molar refractivity (Wildman–Crippen MR) is 92.3 cm³/mol. The first-order chi connectivity index (χ1) is 11.2. The van der Waals surface area contributed by atoms with E-state index in [2.05, 4.69) is 4.98 Å². The van der Waals surface area contributed by atoms with Crippen molar-refractivity contribution < 1.29 is 4.39 Å². The second kappa shape index (κ2) is 6.96. The van der Waals surface area contributed by atoms with Crippen LogP contribution in [-0.2, 0) is 12.3 Å². The molecule has 1 heterocycles. The summed E-state index contributed by atoms with van der Waals surface area (Å²) in [6, 6.07) is 13.8. The summed E-state index contributed by atoms with van der Waals surface area (Å²) in [5.74, 6) is 0.403. The molecule has 0 aliphatic heterocycles. The van der Waals surface area contributed by atoms with Crippen LogP contribution in [0.15, 0.2) is 58.5 Å². The molecule has 0 bridgehead atoms. The maximum Gasteiger partial charge on any atom is 0.262 e. The average molecular weight is 328 g/mol. The van der Waals surface area contributed by atoms with Crippen LogP contribution >= 0.6 is 11.8 Å². The first-order valence-corrected chi connectivity index (χ1v) is 8.54. The maximum absolute atomic E-state index is 13.0. The Labute approximate surface area is 138 Å². The molecule has 0 spiro atoms. The van der Waals surface area contributed by atoms with Crippen molar-refractivity contribution >= 4 is 22.7 Å². The summed E-state index contributed by atoms with van der Waals surface area (Å²) < 4.78 is 14.7. The minimum Gasteiger partial charge on any atom is -0.287 e. The highest BCUT2D eigenvalue weighted by Crippen LogP contribution is 2.22. The molecule has 0 saturated carbocycles. The number of halogens is 1. The van der Waals surface area contributed by atoms with Gasteiger partial charge in [0.1, 0.15) is 5.82 Å². The minimum atomic E-state index is -0.245. The van der Waals surface area contributed by atoms with Crippen LogP contribution in [0.4, 0.5) is 4.39 Å². The van der Waals surface area contributed by atoms with Crippen molar-refractivity contribution in [2.24, 2.45) is 0 Å². The van der Waals surface area contributed by atoms with Gasteiger partial charge in [0.25, 0.3) is 5.56 Å². The van der Waals surface area contributed by atoms with Gasteiger partial charge in [-0.15, -0.1) is 0 Å². The van der Waals surface area contributed by atoms with E-state index in [1.54, 1.807) is 16.7 Å². The number of fused-ring (bicyclic) bond motifs is 1. The zero-order valence-electron chi connectivity index (χ0n) is 12.8. The van der Waals surface area contributed by atoms with Crippen molar-refractivity contribution in [1.82, 2.24) is 9.55 Å². The highest BCUT2D eigenvalue weighted by Gasteiger charge is 2.11. The number of hydrogen-bond acceptors (Lipinski definition) is 3. The first kappa shape index (κ1) is 15.7. The molecule has 0 unspecified atom stereocenters. The van der Waals surface area contributed by atoms with Gasteiger partial charge in [-0.2, -0.15) is 0 Å². The van der Waals surface area contributed by atoms with Gasteiger partial charge in [-0.25, -0.2) is 9.37 Å². The lowest BCUT2D eigenvalue weighted by atomic mass is 10.2. The molecule has 0 aliphatic rings. The molecule has 1 aromatic heterocycles. The quantitative estimate of drug-likeness (QED) is 0.519. The van der Waals surface area contributed by atoms with E-state index >= 15 is 0 Å². The Morgan fingerprint density at radius 3 is 2.61 bits per heavy atom. The lowest BCUT2D eigenvalue weighted by Gasteiger charge is -2.12. The van der Waals surface area contributed by atoms with Crippen molar-refractivity contribution in [3.05, 3.63) is 70.3 Å². The first-order valence-electron chi connectivity index (χ1n) is 7.56. The second-order valence-electron chi connectivity index (χ2n) is 5.28. The van der Waals surface area contributed by atoms with Crippen molar-refractivity contribution in [3.63, 3.8) is 0 Å². The van der Waals surface area contributed by atoms with Gasteiger partial charge in [-0.1, -0.05) is 43.0 Å². The standard InChI is InChI=1S/C18H17FN2OS/c1-2-11-21-17(22)15-5-3-4-6-16(15)20-18(21)23-12-13-7-9-14(19)10-8-13/h3-10H,2,11-12H2,1H3. The number of hydrogen-bond donors (Lipinski definition) is 0. The molecule has 2 aromatic carbocycles. The Balaban J connectivity index is 1.96. The smallest absolute Gasteiger partial charge is 0.262 e. The van der Waals surface area contributed by atoms with E-state index in [-0.39, 0.29) is 11.4 Å². The fourth-order valence-corrected chi connectivity index (χ4v) is 3.39. The Morgan fingerprint density at radius 1 is 1.13 bits per heavy atom. The highest BCUT2D eigenvalue weighted by atomic mass is 32.2. The zero-order chi connectivity index (χ0) is 16.2. The Hall–Kier alpha value is -2.14. The predicted octanol–water partition coefficient (Wildman–Crippen LogP) is 4.24. The summed E-state index contributed by atoms with van der Waals surface area (Å²) >= 11 is 1.50. The molecule has 3 rings (SSSR count). The zero-order valence-corrected chi connectivity index (χ0v) is 13.6. The average Bonchev–Trinajstić information content (AvgIpc) is 2.57. The molecule has 0 atom stereocenters. The van der Waals surface area contributed by atoms with Crippen molar-refractivity contribution in [2.75, 3.05) is 0 Å². The molecule has 118 valence electrons. The summed E-state index contributed by atoms with van der Waals surface area (Å²) in [6.07, 6.45) is 0.865. The third-order valence-electron chi connectivity index (χ3n) is 3.56. The monoisotopic (exact) mass is 328 g/mol. The maximum atomic E-state index is 13.0. The summed E-state index contributed by atoms with van der Waals surface area (Å²) in [6.45, 7) is 2.68. The number of nitrogens with zero attached hydrogens (tertiary/aromatic N) is 2. The largest absolute Gasteiger partial charge is 0.287 e. The number of aromatic nitrogens is 2. The van der Waals surface area contributed by atoms with Gasteiger partial charge in [0.15, 0.2) is 5.16 Å². The van der Waals surface area contributed by atoms with E-state index in [9.17, 15) is 9.18 Å². The van der Waals surface area contributed by atoms with Crippen LogP contribution < -0.4 is 5.56 Å². The SMILES string of the molecule is CCCn1c(SCc2ccc(F)cc2)nc2ccccc2c1=O. The second-order valence-corrected chi connectivity index (χ2v) is 6.23. The van der Waals surface area contributed by atoms with Crippen LogP contribution in [-0.4, -0.2) is 9.55 Å². The van der Waals surface area contributed by atoms with E-state index in [1.165, 1.54) is 23.9 Å². The number of thioether (sulfide) groups is 1. The molecule has 0 fully saturated rings. The highest BCUT2D eigenvalue weighted by molar-refractivity contribution is 7.98. The molecule has 23 heavy (non-hydrogen) atoms. The minimum absolute atomic E-state index is 0.000874. The summed E-state index contributed by atoms with van der Waals surface area (Å²) in [5, 5.41) is 1.35. The number of rotatable bonds is 5. The van der Waals surface area contributed by atoms with Crippen molar-refractivity contribution in [2.45, 2.75) is 30.8 Å². The molecular formula is C18H17FN2OS. The molecular weight excluding hydrogens is 311 g/mol. The topological polar surface area (TPSA) is 34.9 Å². The molecule has 0 saturated heterocycles. The van der Waals surface area contributed by atoms with Crippen LogP contribution in [0, 0.1) is 5.82 Å². The molecule has 3 aromatic rings. The van der Waals surface area contributed by atoms with E-state index in [0.29, 0.717) is 28.4 Å². The molecule has 3 nitrogen and oxygen atoms in total. The van der Waals surface area contributed by atoms with Crippen LogP contribution in [0.2, 0.25) is 0 Å². The normalized spacial score (nSPS) is 11.0. The van der Waals surface area contributed by atoms with Gasteiger partial charge in [0.2, 0.25) is 0 Å². The molecule has 0 N–H and O–H groups in total. The third kappa shape index (κ3) is 3.45. The molecule has 0 radical (unpaired) electrons. The lowest BCUT2D eigenvalue weighted by Crippen LogP contribution is -2.23. The number of para-hydroxylation sites is 1.